The molecular weight excluding hydrogens is 212 g/mol. The Balaban J connectivity index is 2.64. The van der Waals surface area contributed by atoms with Gasteiger partial charge in [0.1, 0.15) is 11.5 Å². The number of carboxylic acids is 1. The van der Waals surface area contributed by atoms with Crippen LogP contribution in [0.25, 0.3) is 0 Å². The van der Waals surface area contributed by atoms with Crippen LogP contribution < -0.4 is 9.47 Å². The van der Waals surface area contributed by atoms with Gasteiger partial charge in [-0.1, -0.05) is 0 Å². The third kappa shape index (κ3) is 3.61. The predicted octanol–water partition coefficient (Wildman–Crippen LogP) is 1.46. The fourth-order valence-corrected chi connectivity index (χ4v) is 1.01. The van der Waals surface area contributed by atoms with E-state index in [9.17, 15) is 9.59 Å². The molecule has 0 bridgehead atoms. The van der Waals surface area contributed by atoms with Gasteiger partial charge < -0.3 is 14.6 Å². The first kappa shape index (κ1) is 12.0. The predicted molar refractivity (Wildman–Crippen MR) is 55.5 cm³/mol. The lowest BCUT2D eigenvalue weighted by Gasteiger charge is -2.10. The largest absolute Gasteiger partial charge is 0.479 e. The molecule has 0 saturated carbocycles. The van der Waals surface area contributed by atoms with Crippen molar-refractivity contribution in [3.63, 3.8) is 0 Å². The molecule has 1 rings (SSSR count). The van der Waals surface area contributed by atoms with E-state index in [4.69, 9.17) is 14.6 Å². The molecular formula is C11H12O5. The van der Waals surface area contributed by atoms with Crippen molar-refractivity contribution in [2.45, 2.75) is 20.0 Å². The zero-order valence-electron chi connectivity index (χ0n) is 8.97. The monoisotopic (exact) mass is 224 g/mol. The van der Waals surface area contributed by atoms with E-state index in [1.54, 1.807) is 0 Å². The molecule has 0 spiro atoms. The third-order valence-electron chi connectivity index (χ3n) is 1.75. The summed E-state index contributed by atoms with van der Waals surface area (Å²) in [7, 11) is 0. The molecule has 5 nitrogen and oxygen atoms in total. The van der Waals surface area contributed by atoms with Crippen LogP contribution in [0.1, 0.15) is 13.8 Å². The van der Waals surface area contributed by atoms with Crippen molar-refractivity contribution in [3.8, 4) is 11.5 Å². The lowest BCUT2D eigenvalue weighted by atomic mass is 10.3. The van der Waals surface area contributed by atoms with Gasteiger partial charge in [-0.3, -0.25) is 4.79 Å². The van der Waals surface area contributed by atoms with Crippen LogP contribution in [0.2, 0.25) is 0 Å². The van der Waals surface area contributed by atoms with Gasteiger partial charge in [0.05, 0.1) is 0 Å². The van der Waals surface area contributed by atoms with E-state index in [0.29, 0.717) is 11.5 Å². The van der Waals surface area contributed by atoms with Crippen molar-refractivity contribution in [2.75, 3.05) is 0 Å². The fraction of sp³-hybridized carbons (Fsp3) is 0.273. The van der Waals surface area contributed by atoms with E-state index < -0.39 is 18.0 Å². The van der Waals surface area contributed by atoms with Crippen molar-refractivity contribution in [2.24, 2.45) is 0 Å². The van der Waals surface area contributed by atoms with Crippen molar-refractivity contribution in [1.82, 2.24) is 0 Å². The lowest BCUT2D eigenvalue weighted by Crippen LogP contribution is -2.22. The highest BCUT2D eigenvalue weighted by molar-refractivity contribution is 5.72. The molecule has 0 fully saturated rings. The van der Waals surface area contributed by atoms with Crippen molar-refractivity contribution in [3.05, 3.63) is 24.3 Å². The van der Waals surface area contributed by atoms with Gasteiger partial charge in [0.2, 0.25) is 0 Å². The Kier molecular flexibility index (Phi) is 3.88. The van der Waals surface area contributed by atoms with Gasteiger partial charge in [-0.2, -0.15) is 0 Å². The minimum Gasteiger partial charge on any atom is -0.479 e. The summed E-state index contributed by atoms with van der Waals surface area (Å²) in [4.78, 5) is 21.2. The van der Waals surface area contributed by atoms with Crippen molar-refractivity contribution >= 4 is 11.9 Å². The second-order valence-corrected chi connectivity index (χ2v) is 3.16. The summed E-state index contributed by atoms with van der Waals surface area (Å²) in [6, 6.07) is 6.14. The maximum Gasteiger partial charge on any atom is 0.344 e. The van der Waals surface area contributed by atoms with E-state index in [1.165, 1.54) is 38.1 Å². The zero-order chi connectivity index (χ0) is 12.1. The number of rotatable bonds is 4. The van der Waals surface area contributed by atoms with Gasteiger partial charge in [0, 0.05) is 6.92 Å². The first-order chi connectivity index (χ1) is 7.49. The number of carbonyl (C=O) groups is 2. The Labute approximate surface area is 92.6 Å². The van der Waals surface area contributed by atoms with E-state index in [2.05, 4.69) is 0 Å². The molecule has 16 heavy (non-hydrogen) atoms. The van der Waals surface area contributed by atoms with E-state index in [1.807, 2.05) is 0 Å². The number of esters is 1. The quantitative estimate of drug-likeness (QED) is 0.619. The fourth-order valence-electron chi connectivity index (χ4n) is 1.01. The second kappa shape index (κ2) is 5.16. The summed E-state index contributed by atoms with van der Waals surface area (Å²) in [6.45, 7) is 2.74. The number of hydrogen-bond donors (Lipinski definition) is 1. The molecule has 1 atom stereocenters. The van der Waals surface area contributed by atoms with Crippen LogP contribution in [-0.2, 0) is 9.59 Å². The molecule has 5 heteroatoms. The topological polar surface area (TPSA) is 72.8 Å². The van der Waals surface area contributed by atoms with Crippen LogP contribution in [0.5, 0.6) is 11.5 Å². The Hall–Kier alpha value is -2.04. The maximum atomic E-state index is 10.6. The summed E-state index contributed by atoms with van der Waals surface area (Å²) >= 11 is 0. The van der Waals surface area contributed by atoms with Crippen molar-refractivity contribution in [1.29, 1.82) is 0 Å². The Morgan fingerprint density at radius 2 is 1.69 bits per heavy atom. The van der Waals surface area contributed by atoms with Gasteiger partial charge in [-0.15, -0.1) is 0 Å². The first-order valence-electron chi connectivity index (χ1n) is 4.67. The minimum absolute atomic E-state index is 0.392. The smallest absolute Gasteiger partial charge is 0.344 e. The molecule has 0 aromatic heterocycles. The molecule has 0 saturated heterocycles. The molecule has 0 aliphatic carbocycles. The average Bonchev–Trinajstić information content (AvgIpc) is 2.20. The highest BCUT2D eigenvalue weighted by atomic mass is 16.5. The number of ether oxygens (including phenoxy) is 2. The van der Waals surface area contributed by atoms with E-state index in [0.717, 1.165) is 0 Å². The highest BCUT2D eigenvalue weighted by Gasteiger charge is 2.12. The molecule has 0 aliphatic rings. The molecule has 0 amide bonds. The lowest BCUT2D eigenvalue weighted by molar-refractivity contribution is -0.144. The number of carboxylic acid groups (broad SMARTS) is 1. The maximum absolute atomic E-state index is 10.6. The second-order valence-electron chi connectivity index (χ2n) is 3.16. The number of aliphatic carboxylic acids is 1. The third-order valence-corrected chi connectivity index (χ3v) is 1.75. The Morgan fingerprint density at radius 1 is 1.19 bits per heavy atom. The molecule has 0 radical (unpaired) electrons. The van der Waals surface area contributed by atoms with Gasteiger partial charge in [-0.05, 0) is 31.2 Å². The summed E-state index contributed by atoms with van der Waals surface area (Å²) in [5, 5.41) is 8.62. The van der Waals surface area contributed by atoms with Crippen LogP contribution in [0.15, 0.2) is 24.3 Å². The molecule has 1 N–H and O–H groups in total. The number of benzene rings is 1. The van der Waals surface area contributed by atoms with Gasteiger partial charge in [0.15, 0.2) is 6.10 Å². The van der Waals surface area contributed by atoms with Gasteiger partial charge in [0.25, 0.3) is 0 Å². The van der Waals surface area contributed by atoms with E-state index >= 15 is 0 Å². The highest BCUT2D eigenvalue weighted by Crippen LogP contribution is 2.18. The van der Waals surface area contributed by atoms with Crippen LogP contribution in [0.3, 0.4) is 0 Å². The molecule has 86 valence electrons. The molecule has 0 aliphatic heterocycles. The van der Waals surface area contributed by atoms with E-state index in [-0.39, 0.29) is 0 Å². The summed E-state index contributed by atoms with van der Waals surface area (Å²) < 4.78 is 9.91. The zero-order valence-corrected chi connectivity index (χ0v) is 8.97. The SMILES string of the molecule is CC(=O)Oc1ccc(O[C@H](C)C(=O)O)cc1. The van der Waals surface area contributed by atoms with Crippen LogP contribution in [0.4, 0.5) is 0 Å². The van der Waals surface area contributed by atoms with Crippen LogP contribution >= 0.6 is 0 Å². The number of carbonyl (C=O) groups excluding carboxylic acids is 1. The standard InChI is InChI=1S/C11H12O5/c1-7(11(13)14)15-9-3-5-10(6-4-9)16-8(2)12/h3-7H,1-2H3,(H,13,14)/t7-/m1/s1. The van der Waals surface area contributed by atoms with Gasteiger partial charge >= 0.3 is 11.9 Å². The minimum atomic E-state index is -1.04. The summed E-state index contributed by atoms with van der Waals surface area (Å²) in [5.41, 5.74) is 0. The average molecular weight is 224 g/mol. The first-order valence-corrected chi connectivity index (χ1v) is 4.67. The van der Waals surface area contributed by atoms with Crippen LogP contribution in [0, 0.1) is 0 Å². The normalized spacial score (nSPS) is 11.6. The molecule has 0 heterocycles. The Morgan fingerprint density at radius 3 is 2.12 bits per heavy atom. The summed E-state index contributed by atoms with van der Waals surface area (Å²) in [5.74, 6) is -0.648. The molecule has 1 aromatic carbocycles. The molecule has 0 unspecified atom stereocenters. The van der Waals surface area contributed by atoms with Crippen molar-refractivity contribution < 1.29 is 24.2 Å². The Bertz CT molecular complexity index is 382. The van der Waals surface area contributed by atoms with Gasteiger partial charge in [-0.25, -0.2) is 4.79 Å². The number of hydrogen-bond acceptors (Lipinski definition) is 4. The summed E-state index contributed by atoms with van der Waals surface area (Å²) in [6.07, 6.45) is -0.917. The molecule has 1 aromatic rings. The van der Waals surface area contributed by atoms with Crippen LogP contribution in [-0.4, -0.2) is 23.1 Å².